The zero-order valence-electron chi connectivity index (χ0n) is 36.8. The highest BCUT2D eigenvalue weighted by Gasteiger charge is 2.51. The van der Waals surface area contributed by atoms with E-state index in [4.69, 9.17) is 18.5 Å². The number of rotatable bonds is 39. The molecule has 1 aliphatic carbocycles. The van der Waals surface area contributed by atoms with Gasteiger partial charge in [0.25, 0.3) is 0 Å². The summed E-state index contributed by atoms with van der Waals surface area (Å²) in [5.41, 5.74) is 0. The second kappa shape index (κ2) is 36.1. The smallest absolute Gasteiger partial charge is 0.462 e. The zero-order chi connectivity index (χ0) is 43.6. The van der Waals surface area contributed by atoms with Crippen molar-refractivity contribution in [3.05, 3.63) is 12.2 Å². The molecule has 0 saturated heterocycles. The largest absolute Gasteiger partial charge is 0.472 e. The average Bonchev–Trinajstić information content (AvgIpc) is 3.21. The van der Waals surface area contributed by atoms with E-state index in [1.807, 2.05) is 0 Å². The van der Waals surface area contributed by atoms with Gasteiger partial charge in [0.15, 0.2) is 6.10 Å². The fourth-order valence-electron chi connectivity index (χ4n) is 7.28. The number of allylic oxidation sites excluding steroid dienone is 2. The van der Waals surface area contributed by atoms with Crippen molar-refractivity contribution in [3.63, 3.8) is 0 Å². The SMILES string of the molecule is CCCCCCCCCC/C=C\CCCCCCCCCC(=O)O[C@H](COC(=O)CCCCCCCCCCCCC)COP(=O)(O)OC1C(O)C(O)C(O)[C@@H](O)C1O. The number of aliphatic hydroxyl groups excluding tert-OH is 5. The van der Waals surface area contributed by atoms with Crippen LogP contribution in [0.3, 0.4) is 0 Å². The Balaban J connectivity index is 2.42. The van der Waals surface area contributed by atoms with E-state index in [9.17, 15) is 44.6 Å². The van der Waals surface area contributed by atoms with Gasteiger partial charge in [-0.05, 0) is 38.5 Å². The van der Waals surface area contributed by atoms with Crippen LogP contribution in [0.5, 0.6) is 0 Å². The van der Waals surface area contributed by atoms with Crippen molar-refractivity contribution < 1.29 is 63.1 Å². The van der Waals surface area contributed by atoms with E-state index in [2.05, 4.69) is 26.0 Å². The van der Waals surface area contributed by atoms with Crippen molar-refractivity contribution in [1.29, 1.82) is 0 Å². The third-order valence-corrected chi connectivity index (χ3v) is 12.1. The van der Waals surface area contributed by atoms with Gasteiger partial charge in [-0.3, -0.25) is 18.6 Å². The molecule has 348 valence electrons. The Labute approximate surface area is 356 Å². The molecular weight excluding hydrogens is 779 g/mol. The van der Waals surface area contributed by atoms with Gasteiger partial charge in [0, 0.05) is 12.8 Å². The van der Waals surface area contributed by atoms with Gasteiger partial charge in [0.2, 0.25) is 0 Å². The van der Waals surface area contributed by atoms with Crippen LogP contribution in [0.2, 0.25) is 0 Å². The Hall–Kier alpha value is -1.41. The van der Waals surface area contributed by atoms with E-state index in [-0.39, 0.29) is 12.8 Å². The topological polar surface area (TPSA) is 210 Å². The Morgan fingerprint density at radius 1 is 0.508 bits per heavy atom. The summed E-state index contributed by atoms with van der Waals surface area (Å²) in [6.07, 6.45) is 24.1. The van der Waals surface area contributed by atoms with E-state index >= 15 is 0 Å². The van der Waals surface area contributed by atoms with Crippen LogP contribution in [-0.2, 0) is 32.7 Å². The predicted octanol–water partition coefficient (Wildman–Crippen LogP) is 9.06. The van der Waals surface area contributed by atoms with Crippen LogP contribution in [0.4, 0.5) is 0 Å². The van der Waals surface area contributed by atoms with Crippen molar-refractivity contribution in [1.82, 2.24) is 0 Å². The number of phosphoric ester groups is 1. The van der Waals surface area contributed by atoms with Gasteiger partial charge in [-0.15, -0.1) is 0 Å². The molecule has 0 aromatic heterocycles. The van der Waals surface area contributed by atoms with Crippen LogP contribution >= 0.6 is 7.82 Å². The lowest BCUT2D eigenvalue weighted by molar-refractivity contribution is -0.220. The minimum absolute atomic E-state index is 0.0959. The molecule has 14 heteroatoms. The summed E-state index contributed by atoms with van der Waals surface area (Å²) in [4.78, 5) is 35.6. The summed E-state index contributed by atoms with van der Waals surface area (Å²) in [6, 6.07) is 0. The minimum Gasteiger partial charge on any atom is -0.462 e. The number of unbranched alkanes of at least 4 members (excludes halogenated alkanes) is 25. The first-order valence-corrected chi connectivity index (χ1v) is 25.0. The molecule has 59 heavy (non-hydrogen) atoms. The first kappa shape index (κ1) is 55.6. The third kappa shape index (κ3) is 28.7. The molecule has 6 unspecified atom stereocenters. The van der Waals surface area contributed by atoms with Gasteiger partial charge < -0.3 is 39.9 Å². The van der Waals surface area contributed by atoms with Gasteiger partial charge in [-0.1, -0.05) is 167 Å². The normalized spacial score (nSPS) is 22.4. The molecule has 13 nitrogen and oxygen atoms in total. The van der Waals surface area contributed by atoms with E-state index < -0.39 is 75.7 Å². The molecule has 1 saturated carbocycles. The number of hydrogen-bond donors (Lipinski definition) is 6. The van der Waals surface area contributed by atoms with Crippen molar-refractivity contribution in [2.75, 3.05) is 13.2 Å². The lowest BCUT2D eigenvalue weighted by Gasteiger charge is -2.41. The van der Waals surface area contributed by atoms with Crippen molar-refractivity contribution >= 4 is 19.8 Å². The number of carbonyl (C=O) groups excluding carboxylic acids is 2. The summed E-state index contributed by atoms with van der Waals surface area (Å²) in [7, 11) is -5.11. The number of phosphoric acid groups is 1. The highest BCUT2D eigenvalue weighted by atomic mass is 31.2. The summed E-state index contributed by atoms with van der Waals surface area (Å²) in [5.74, 6) is -1.10. The van der Waals surface area contributed by atoms with Gasteiger partial charge in [-0.25, -0.2) is 4.57 Å². The highest BCUT2D eigenvalue weighted by Crippen LogP contribution is 2.47. The molecule has 0 aromatic carbocycles. The summed E-state index contributed by atoms with van der Waals surface area (Å²) < 4.78 is 33.5. The van der Waals surface area contributed by atoms with Crippen LogP contribution in [-0.4, -0.2) is 98.3 Å². The van der Waals surface area contributed by atoms with Crippen LogP contribution in [0.25, 0.3) is 0 Å². The number of aliphatic hydroxyl groups is 5. The first-order chi connectivity index (χ1) is 28.4. The molecule has 0 aromatic rings. The molecule has 0 aliphatic heterocycles. The average molecular weight is 865 g/mol. The number of esters is 2. The van der Waals surface area contributed by atoms with Crippen LogP contribution < -0.4 is 0 Å². The van der Waals surface area contributed by atoms with E-state index in [0.29, 0.717) is 12.8 Å². The Morgan fingerprint density at radius 2 is 0.864 bits per heavy atom. The fourth-order valence-corrected chi connectivity index (χ4v) is 8.26. The summed E-state index contributed by atoms with van der Waals surface area (Å²) in [5, 5.41) is 50.1. The quantitative estimate of drug-likeness (QED) is 0.0148. The second-order valence-corrected chi connectivity index (χ2v) is 18.0. The van der Waals surface area contributed by atoms with Crippen LogP contribution in [0, 0.1) is 0 Å². The molecule has 0 amide bonds. The van der Waals surface area contributed by atoms with Gasteiger partial charge in [-0.2, -0.15) is 0 Å². The number of hydrogen-bond acceptors (Lipinski definition) is 12. The van der Waals surface area contributed by atoms with Crippen LogP contribution in [0.1, 0.15) is 206 Å². The molecule has 6 N–H and O–H groups in total. The van der Waals surface area contributed by atoms with Crippen molar-refractivity contribution in [2.24, 2.45) is 0 Å². The Bertz CT molecular complexity index is 1090. The number of ether oxygens (including phenoxy) is 2. The Kier molecular flexibility index (Phi) is 34.0. The molecule has 1 fully saturated rings. The van der Waals surface area contributed by atoms with E-state index in [0.717, 1.165) is 51.4 Å². The maximum Gasteiger partial charge on any atom is 0.472 e. The Morgan fingerprint density at radius 3 is 1.29 bits per heavy atom. The summed E-state index contributed by atoms with van der Waals surface area (Å²) in [6.45, 7) is 3.29. The first-order valence-electron chi connectivity index (χ1n) is 23.5. The van der Waals surface area contributed by atoms with E-state index in [1.54, 1.807) is 0 Å². The highest BCUT2D eigenvalue weighted by molar-refractivity contribution is 7.47. The molecule has 1 aliphatic rings. The monoisotopic (exact) mass is 865 g/mol. The molecule has 0 spiro atoms. The second-order valence-electron chi connectivity index (χ2n) is 16.6. The molecule has 0 bridgehead atoms. The number of carbonyl (C=O) groups is 2. The van der Waals surface area contributed by atoms with Gasteiger partial charge >= 0.3 is 19.8 Å². The lowest BCUT2D eigenvalue weighted by atomic mass is 9.85. The third-order valence-electron chi connectivity index (χ3n) is 11.1. The minimum atomic E-state index is -5.11. The maximum atomic E-state index is 12.8. The molecule has 8 atom stereocenters. The zero-order valence-corrected chi connectivity index (χ0v) is 37.7. The van der Waals surface area contributed by atoms with Gasteiger partial charge in [0.1, 0.15) is 43.2 Å². The fraction of sp³-hybridized carbons (Fsp3) is 0.911. The molecule has 1 rings (SSSR count). The van der Waals surface area contributed by atoms with Crippen molar-refractivity contribution in [3.8, 4) is 0 Å². The van der Waals surface area contributed by atoms with Crippen LogP contribution in [0.15, 0.2) is 12.2 Å². The molecule has 0 radical (unpaired) electrons. The summed E-state index contributed by atoms with van der Waals surface area (Å²) >= 11 is 0. The molecule has 0 heterocycles. The lowest BCUT2D eigenvalue weighted by Crippen LogP contribution is -2.64. The maximum absolute atomic E-state index is 12.8. The van der Waals surface area contributed by atoms with E-state index in [1.165, 1.54) is 116 Å². The predicted molar refractivity (Wildman–Crippen MR) is 231 cm³/mol. The van der Waals surface area contributed by atoms with Crippen molar-refractivity contribution in [2.45, 2.75) is 249 Å². The standard InChI is InChI=1S/C45H85O13P/c1-3-5-7-9-11-13-15-16-17-18-19-20-21-22-24-26-28-30-32-34-39(47)57-37(35-55-38(46)33-31-29-27-25-23-14-12-10-8-6-4-2)36-56-59(53,54)58-45-43(51)41(49)40(48)42(50)44(45)52/h18-19,37,40-45,48-52H,3-17,20-36H2,1-2H3,(H,53,54)/b19-18-/t37-,40?,41-,42?,43?,44?,45?/m1/s1. The van der Waals surface area contributed by atoms with Gasteiger partial charge in [0.05, 0.1) is 6.61 Å². The molecular formula is C45H85O13P.